The molecule has 1 unspecified atom stereocenters. The number of benzene rings is 2. The summed E-state index contributed by atoms with van der Waals surface area (Å²) in [5.74, 6) is -1.94. The van der Waals surface area contributed by atoms with Gasteiger partial charge in [-0.3, -0.25) is 9.59 Å². The summed E-state index contributed by atoms with van der Waals surface area (Å²) in [5.41, 5.74) is 3.33. The topological polar surface area (TPSA) is 105 Å². The number of nitrogens with one attached hydrogen (secondary N) is 2. The van der Waals surface area contributed by atoms with Crippen LogP contribution in [0.4, 0.5) is 4.79 Å². The summed E-state index contributed by atoms with van der Waals surface area (Å²) in [5, 5.41) is 15.1. The Kier molecular flexibility index (Phi) is 6.91. The average Bonchev–Trinajstić information content (AvgIpc) is 3.40. The molecule has 0 heterocycles. The lowest BCUT2D eigenvalue weighted by Crippen LogP contribution is -2.59. The van der Waals surface area contributed by atoms with Gasteiger partial charge in [0.2, 0.25) is 5.91 Å². The van der Waals surface area contributed by atoms with Crippen LogP contribution in [0.25, 0.3) is 11.1 Å². The van der Waals surface area contributed by atoms with Crippen molar-refractivity contribution < 1.29 is 24.2 Å². The molecule has 0 bridgehead atoms. The minimum atomic E-state index is -1.19. The number of hydrogen-bond acceptors (Lipinski definition) is 4. The largest absolute Gasteiger partial charge is 0.481 e. The number of hydrogen-bond donors (Lipinski definition) is 3. The number of alkyl carbamates (subject to hydrolysis) is 1. The van der Waals surface area contributed by atoms with E-state index < -0.39 is 29.6 Å². The standard InChI is InChI=1S/C27H32N2O5/c1-3-15-27(2,25(32)28-23-14-8-13-21(23)24(30)31)29-26(33)34-16-22-19-11-6-4-9-17(19)18-10-5-7-12-20(18)22/h4-7,9-12,21-23H,3,8,13-16H2,1-2H3,(H,28,32)(H,29,33)(H,30,31)/t21-,23+,27?/m1/s1. The molecule has 2 amide bonds. The van der Waals surface area contributed by atoms with Gasteiger partial charge in [0.1, 0.15) is 12.1 Å². The average molecular weight is 465 g/mol. The first kappa shape index (κ1) is 23.8. The molecule has 4 rings (SSSR count). The van der Waals surface area contributed by atoms with Crippen LogP contribution >= 0.6 is 0 Å². The van der Waals surface area contributed by atoms with Crippen molar-refractivity contribution in [3.05, 3.63) is 59.7 Å². The van der Waals surface area contributed by atoms with Gasteiger partial charge in [0, 0.05) is 12.0 Å². The van der Waals surface area contributed by atoms with Crippen LogP contribution in [0.15, 0.2) is 48.5 Å². The fourth-order valence-electron chi connectivity index (χ4n) is 5.35. The number of carbonyl (C=O) groups is 3. The van der Waals surface area contributed by atoms with Crippen LogP contribution < -0.4 is 10.6 Å². The molecule has 1 saturated carbocycles. The zero-order valence-electron chi connectivity index (χ0n) is 19.7. The maximum atomic E-state index is 13.1. The minimum absolute atomic E-state index is 0.0702. The lowest BCUT2D eigenvalue weighted by Gasteiger charge is -2.31. The van der Waals surface area contributed by atoms with Crippen LogP contribution in [0, 0.1) is 5.92 Å². The Morgan fingerprint density at radius 2 is 1.65 bits per heavy atom. The number of fused-ring (bicyclic) bond motifs is 3. The van der Waals surface area contributed by atoms with Gasteiger partial charge >= 0.3 is 12.1 Å². The van der Waals surface area contributed by atoms with Gasteiger partial charge in [-0.1, -0.05) is 68.3 Å². The lowest BCUT2D eigenvalue weighted by atomic mass is 9.93. The third kappa shape index (κ3) is 4.65. The van der Waals surface area contributed by atoms with Crippen molar-refractivity contribution in [2.24, 2.45) is 5.92 Å². The van der Waals surface area contributed by atoms with Gasteiger partial charge in [-0.05, 0) is 48.4 Å². The van der Waals surface area contributed by atoms with E-state index in [1.54, 1.807) is 6.92 Å². The Morgan fingerprint density at radius 1 is 1.03 bits per heavy atom. The molecule has 3 atom stereocenters. The molecule has 0 saturated heterocycles. The molecule has 2 aliphatic carbocycles. The first-order chi connectivity index (χ1) is 16.3. The molecule has 34 heavy (non-hydrogen) atoms. The molecule has 2 aliphatic rings. The number of ether oxygens (including phenoxy) is 1. The van der Waals surface area contributed by atoms with E-state index in [-0.39, 0.29) is 18.4 Å². The van der Waals surface area contributed by atoms with Crippen LogP contribution in [0.3, 0.4) is 0 Å². The van der Waals surface area contributed by atoms with Gasteiger partial charge in [0.15, 0.2) is 0 Å². The Labute approximate surface area is 199 Å². The zero-order chi connectivity index (χ0) is 24.3. The van der Waals surface area contributed by atoms with Crippen molar-refractivity contribution in [3.63, 3.8) is 0 Å². The monoisotopic (exact) mass is 464 g/mol. The summed E-state index contributed by atoms with van der Waals surface area (Å²) in [6.45, 7) is 3.76. The van der Waals surface area contributed by atoms with E-state index in [0.29, 0.717) is 25.7 Å². The number of amides is 2. The van der Waals surface area contributed by atoms with Crippen LogP contribution in [0.1, 0.15) is 63.0 Å². The molecule has 7 heteroatoms. The number of carboxylic acids is 1. The van der Waals surface area contributed by atoms with Crippen molar-refractivity contribution in [3.8, 4) is 11.1 Å². The molecule has 0 aromatic heterocycles. The maximum absolute atomic E-state index is 13.1. The van der Waals surface area contributed by atoms with Crippen molar-refractivity contribution >= 4 is 18.0 Å². The second kappa shape index (κ2) is 9.87. The predicted octanol–water partition coefficient (Wildman–Crippen LogP) is 4.45. The first-order valence-corrected chi connectivity index (χ1v) is 12.0. The summed E-state index contributed by atoms with van der Waals surface area (Å²) in [4.78, 5) is 37.4. The highest BCUT2D eigenvalue weighted by Crippen LogP contribution is 2.44. The van der Waals surface area contributed by atoms with E-state index >= 15 is 0 Å². The Balaban J connectivity index is 1.42. The number of aliphatic carboxylic acids is 1. The molecule has 180 valence electrons. The van der Waals surface area contributed by atoms with Crippen LogP contribution in [0.2, 0.25) is 0 Å². The van der Waals surface area contributed by atoms with E-state index in [9.17, 15) is 19.5 Å². The predicted molar refractivity (Wildman–Crippen MR) is 128 cm³/mol. The highest BCUT2D eigenvalue weighted by molar-refractivity contribution is 5.90. The van der Waals surface area contributed by atoms with Gasteiger partial charge in [-0.25, -0.2) is 4.79 Å². The van der Waals surface area contributed by atoms with Gasteiger partial charge in [0.25, 0.3) is 0 Å². The summed E-state index contributed by atoms with van der Waals surface area (Å²) in [6, 6.07) is 15.8. The van der Waals surface area contributed by atoms with Gasteiger partial charge < -0.3 is 20.5 Å². The van der Waals surface area contributed by atoms with Gasteiger partial charge in [0.05, 0.1) is 5.92 Å². The Bertz CT molecular complexity index is 1040. The molecule has 3 N–H and O–H groups in total. The molecule has 2 aromatic carbocycles. The van der Waals surface area contributed by atoms with Crippen molar-refractivity contribution in [1.29, 1.82) is 0 Å². The van der Waals surface area contributed by atoms with E-state index in [0.717, 1.165) is 28.7 Å². The normalized spacial score (nSPS) is 20.6. The summed E-state index contributed by atoms with van der Waals surface area (Å²) < 4.78 is 5.64. The molecule has 0 spiro atoms. The molecule has 2 aromatic rings. The van der Waals surface area contributed by atoms with Gasteiger partial charge in [-0.2, -0.15) is 0 Å². The Hall–Kier alpha value is -3.35. The van der Waals surface area contributed by atoms with Crippen LogP contribution in [0.5, 0.6) is 0 Å². The minimum Gasteiger partial charge on any atom is -0.481 e. The third-order valence-electron chi connectivity index (χ3n) is 7.12. The summed E-state index contributed by atoms with van der Waals surface area (Å²) in [7, 11) is 0. The second-order valence-electron chi connectivity index (χ2n) is 9.49. The quantitative estimate of drug-likeness (QED) is 0.535. The molecule has 0 aliphatic heterocycles. The zero-order valence-corrected chi connectivity index (χ0v) is 19.7. The molecular formula is C27H32N2O5. The SMILES string of the molecule is CCCC(C)(NC(=O)OCC1c2ccccc2-c2ccccc21)C(=O)N[C@H]1CCC[C@H]1C(=O)O. The number of rotatable bonds is 8. The second-order valence-corrected chi connectivity index (χ2v) is 9.49. The fourth-order valence-corrected chi connectivity index (χ4v) is 5.35. The molecule has 1 fully saturated rings. The molecule has 7 nitrogen and oxygen atoms in total. The fraction of sp³-hybridized carbons (Fsp3) is 0.444. The van der Waals surface area contributed by atoms with Crippen molar-refractivity contribution in [2.75, 3.05) is 6.61 Å². The van der Waals surface area contributed by atoms with Gasteiger partial charge in [-0.15, -0.1) is 0 Å². The number of carbonyl (C=O) groups excluding carboxylic acids is 2. The van der Waals surface area contributed by atoms with Crippen LogP contribution in [-0.4, -0.2) is 41.3 Å². The van der Waals surface area contributed by atoms with E-state index in [2.05, 4.69) is 34.9 Å². The molecule has 0 radical (unpaired) electrons. The smallest absolute Gasteiger partial charge is 0.408 e. The van der Waals surface area contributed by atoms with E-state index in [4.69, 9.17) is 4.74 Å². The highest BCUT2D eigenvalue weighted by atomic mass is 16.5. The molecular weight excluding hydrogens is 432 g/mol. The van der Waals surface area contributed by atoms with E-state index in [1.807, 2.05) is 31.2 Å². The summed E-state index contributed by atoms with van der Waals surface area (Å²) >= 11 is 0. The van der Waals surface area contributed by atoms with E-state index in [1.165, 1.54) is 0 Å². The third-order valence-corrected chi connectivity index (χ3v) is 7.12. The lowest BCUT2D eigenvalue weighted by molar-refractivity contribution is -0.142. The maximum Gasteiger partial charge on any atom is 0.408 e. The Morgan fingerprint density at radius 3 is 2.24 bits per heavy atom. The van der Waals surface area contributed by atoms with Crippen LogP contribution in [-0.2, 0) is 14.3 Å². The highest BCUT2D eigenvalue weighted by Gasteiger charge is 2.40. The van der Waals surface area contributed by atoms with Crippen molar-refractivity contribution in [1.82, 2.24) is 10.6 Å². The van der Waals surface area contributed by atoms with Crippen molar-refractivity contribution in [2.45, 2.75) is 63.5 Å². The first-order valence-electron chi connectivity index (χ1n) is 12.0. The number of carboxylic acid groups (broad SMARTS) is 1. The summed E-state index contributed by atoms with van der Waals surface area (Å²) in [6.07, 6.45) is 2.34.